The van der Waals surface area contributed by atoms with Gasteiger partial charge in [0.2, 0.25) is 5.91 Å². The molecule has 0 aromatic heterocycles. The number of nitrogens with one attached hydrogen (secondary N) is 1. The molecule has 1 saturated carbocycles. The van der Waals surface area contributed by atoms with Crippen LogP contribution in [0.1, 0.15) is 31.2 Å². The predicted molar refractivity (Wildman–Crippen MR) is 85.0 cm³/mol. The van der Waals surface area contributed by atoms with Crippen molar-refractivity contribution < 1.29 is 18.7 Å². The highest BCUT2D eigenvalue weighted by Crippen LogP contribution is 2.43. The van der Waals surface area contributed by atoms with Crippen LogP contribution in [-0.4, -0.2) is 42.1 Å². The van der Waals surface area contributed by atoms with Gasteiger partial charge in [0, 0.05) is 31.8 Å². The minimum atomic E-state index is -1.34. The number of alkyl carbamates (subject to hydrolysis) is 1. The van der Waals surface area contributed by atoms with Crippen LogP contribution in [0, 0.1) is 5.92 Å². The molecule has 1 spiro atoms. The minimum absolute atomic E-state index is 0.0804. The molecule has 1 aromatic carbocycles. The van der Waals surface area contributed by atoms with Crippen LogP contribution in [0.25, 0.3) is 0 Å². The molecule has 0 atom stereocenters. The molecule has 6 heteroatoms. The molecule has 2 amide bonds. The SMILES string of the molecule is O=C1N[C@]2(CO1)C[C@H](C(=O)N1CCC(F)(c3ccccc3)CC1)C2. The minimum Gasteiger partial charge on any atom is -0.447 e. The molecule has 4 rings (SSSR count). The lowest BCUT2D eigenvalue weighted by Gasteiger charge is -2.45. The summed E-state index contributed by atoms with van der Waals surface area (Å²) in [5, 5.41) is 2.80. The number of piperidine rings is 1. The molecule has 0 radical (unpaired) electrons. The number of hydrogen-bond donors (Lipinski definition) is 1. The topological polar surface area (TPSA) is 58.6 Å². The van der Waals surface area contributed by atoms with Gasteiger partial charge in [-0.15, -0.1) is 0 Å². The van der Waals surface area contributed by atoms with Crippen LogP contribution in [0.4, 0.5) is 9.18 Å². The zero-order valence-electron chi connectivity index (χ0n) is 13.5. The molecular formula is C18H21FN2O3. The van der Waals surface area contributed by atoms with Crippen LogP contribution in [-0.2, 0) is 15.2 Å². The summed E-state index contributed by atoms with van der Waals surface area (Å²) >= 11 is 0. The van der Waals surface area contributed by atoms with Gasteiger partial charge in [-0.1, -0.05) is 30.3 Å². The summed E-state index contributed by atoms with van der Waals surface area (Å²) in [5.41, 5.74) is -0.988. The van der Waals surface area contributed by atoms with E-state index < -0.39 is 11.8 Å². The standard InChI is InChI=1S/C18H21FN2O3/c19-18(14-4-2-1-3-5-14)6-8-21(9-7-18)15(22)13-10-17(11-13)12-24-16(23)20-17/h1-5,13H,6-12H2,(H,20,23)/t13-,17+. The molecule has 2 heterocycles. The van der Waals surface area contributed by atoms with E-state index in [4.69, 9.17) is 4.74 Å². The van der Waals surface area contributed by atoms with Gasteiger partial charge in [-0.05, 0) is 18.4 Å². The molecule has 2 saturated heterocycles. The van der Waals surface area contributed by atoms with Gasteiger partial charge in [-0.25, -0.2) is 9.18 Å². The molecular weight excluding hydrogens is 311 g/mol. The van der Waals surface area contributed by atoms with Gasteiger partial charge < -0.3 is 15.0 Å². The van der Waals surface area contributed by atoms with Crippen molar-refractivity contribution in [2.75, 3.05) is 19.7 Å². The van der Waals surface area contributed by atoms with Crippen LogP contribution in [0.5, 0.6) is 0 Å². The van der Waals surface area contributed by atoms with Crippen LogP contribution in [0.3, 0.4) is 0 Å². The summed E-state index contributed by atoms with van der Waals surface area (Å²) in [6.07, 6.45) is 1.51. The summed E-state index contributed by atoms with van der Waals surface area (Å²) in [5.74, 6) is -0.00674. The Morgan fingerprint density at radius 3 is 2.46 bits per heavy atom. The molecule has 24 heavy (non-hydrogen) atoms. The first-order chi connectivity index (χ1) is 11.5. The third kappa shape index (κ3) is 2.54. The number of nitrogens with zero attached hydrogens (tertiary/aromatic N) is 1. The number of benzene rings is 1. The second kappa shape index (κ2) is 5.46. The number of carbonyl (C=O) groups excluding carboxylic acids is 2. The van der Waals surface area contributed by atoms with Crippen molar-refractivity contribution in [1.29, 1.82) is 0 Å². The number of rotatable bonds is 2. The maximum Gasteiger partial charge on any atom is 0.407 e. The fourth-order valence-corrected chi connectivity index (χ4v) is 4.14. The van der Waals surface area contributed by atoms with Crippen molar-refractivity contribution in [3.63, 3.8) is 0 Å². The lowest BCUT2D eigenvalue weighted by Crippen LogP contribution is -2.59. The highest BCUT2D eigenvalue weighted by molar-refractivity contribution is 5.81. The lowest BCUT2D eigenvalue weighted by molar-refractivity contribution is -0.144. The summed E-state index contributed by atoms with van der Waals surface area (Å²) in [6, 6.07) is 9.20. The second-order valence-electron chi connectivity index (χ2n) is 7.24. The molecule has 3 fully saturated rings. The first kappa shape index (κ1) is 15.4. The van der Waals surface area contributed by atoms with Crippen molar-refractivity contribution in [2.45, 2.75) is 36.9 Å². The highest BCUT2D eigenvalue weighted by Gasteiger charge is 2.53. The smallest absolute Gasteiger partial charge is 0.407 e. The van der Waals surface area contributed by atoms with E-state index in [0.29, 0.717) is 50.9 Å². The number of halogens is 1. The van der Waals surface area contributed by atoms with E-state index in [-0.39, 0.29) is 17.4 Å². The number of ether oxygens (including phenoxy) is 1. The van der Waals surface area contributed by atoms with Gasteiger partial charge in [0.05, 0.1) is 5.54 Å². The monoisotopic (exact) mass is 332 g/mol. The van der Waals surface area contributed by atoms with E-state index >= 15 is 4.39 Å². The molecule has 1 aromatic rings. The van der Waals surface area contributed by atoms with E-state index in [1.165, 1.54) is 0 Å². The van der Waals surface area contributed by atoms with E-state index in [1.54, 1.807) is 4.90 Å². The number of amides is 2. The van der Waals surface area contributed by atoms with Crippen molar-refractivity contribution in [3.05, 3.63) is 35.9 Å². The van der Waals surface area contributed by atoms with Crippen LogP contribution >= 0.6 is 0 Å². The van der Waals surface area contributed by atoms with Gasteiger partial charge in [-0.3, -0.25) is 4.79 Å². The first-order valence-electron chi connectivity index (χ1n) is 8.48. The van der Waals surface area contributed by atoms with Crippen LogP contribution in [0.15, 0.2) is 30.3 Å². The normalized spacial score (nSPS) is 31.3. The van der Waals surface area contributed by atoms with Gasteiger partial charge in [0.1, 0.15) is 12.3 Å². The fourth-order valence-electron chi connectivity index (χ4n) is 4.14. The zero-order chi connectivity index (χ0) is 16.8. The molecule has 128 valence electrons. The maximum atomic E-state index is 15.1. The van der Waals surface area contributed by atoms with Crippen molar-refractivity contribution in [1.82, 2.24) is 10.2 Å². The molecule has 2 aliphatic heterocycles. The second-order valence-corrected chi connectivity index (χ2v) is 7.24. The van der Waals surface area contributed by atoms with E-state index in [9.17, 15) is 9.59 Å². The Morgan fingerprint density at radius 2 is 1.88 bits per heavy atom. The number of cyclic esters (lactones) is 1. The maximum absolute atomic E-state index is 15.1. The van der Waals surface area contributed by atoms with Crippen LogP contribution < -0.4 is 5.32 Å². The molecule has 3 aliphatic rings. The summed E-state index contributed by atoms with van der Waals surface area (Å²) in [6.45, 7) is 1.23. The van der Waals surface area contributed by atoms with Gasteiger partial charge in [0.25, 0.3) is 0 Å². The Morgan fingerprint density at radius 1 is 1.21 bits per heavy atom. The van der Waals surface area contributed by atoms with E-state index in [0.717, 1.165) is 0 Å². The van der Waals surface area contributed by atoms with Crippen molar-refractivity contribution >= 4 is 12.0 Å². The average molecular weight is 332 g/mol. The Bertz CT molecular complexity index is 649. The lowest BCUT2D eigenvalue weighted by atomic mass is 9.68. The van der Waals surface area contributed by atoms with Gasteiger partial charge in [-0.2, -0.15) is 0 Å². The van der Waals surface area contributed by atoms with Crippen molar-refractivity contribution in [3.8, 4) is 0 Å². The Balaban J connectivity index is 1.33. The quantitative estimate of drug-likeness (QED) is 0.904. The molecule has 0 bridgehead atoms. The number of alkyl halides is 1. The fraction of sp³-hybridized carbons (Fsp3) is 0.556. The summed E-state index contributed by atoms with van der Waals surface area (Å²) in [4.78, 5) is 25.5. The number of likely N-dealkylation sites (tertiary alicyclic amines) is 1. The Hall–Kier alpha value is -2.11. The third-order valence-corrected chi connectivity index (χ3v) is 5.63. The summed E-state index contributed by atoms with van der Waals surface area (Å²) in [7, 11) is 0. The number of carbonyl (C=O) groups is 2. The molecule has 5 nitrogen and oxygen atoms in total. The Labute approximate surface area is 140 Å². The average Bonchev–Trinajstić information content (AvgIpc) is 2.97. The predicted octanol–water partition coefficient (Wildman–Crippen LogP) is 2.36. The molecule has 1 N–H and O–H groups in total. The van der Waals surface area contributed by atoms with E-state index in [1.807, 2.05) is 30.3 Å². The van der Waals surface area contributed by atoms with Gasteiger partial charge in [0.15, 0.2) is 0 Å². The van der Waals surface area contributed by atoms with E-state index in [2.05, 4.69) is 5.32 Å². The van der Waals surface area contributed by atoms with Crippen LogP contribution in [0.2, 0.25) is 0 Å². The summed E-state index contributed by atoms with van der Waals surface area (Å²) < 4.78 is 20.1. The third-order valence-electron chi connectivity index (χ3n) is 5.63. The highest BCUT2D eigenvalue weighted by atomic mass is 19.1. The zero-order valence-corrected chi connectivity index (χ0v) is 13.5. The van der Waals surface area contributed by atoms with Gasteiger partial charge >= 0.3 is 6.09 Å². The first-order valence-corrected chi connectivity index (χ1v) is 8.48. The number of hydrogen-bond acceptors (Lipinski definition) is 3. The van der Waals surface area contributed by atoms with Crippen molar-refractivity contribution in [2.24, 2.45) is 5.92 Å². The largest absolute Gasteiger partial charge is 0.447 e. The molecule has 1 aliphatic carbocycles. The molecule has 0 unspecified atom stereocenters. The Kier molecular flexibility index (Phi) is 3.51.